The SMILES string of the molecule is O=C(CCCn1cccc1)N1CC[C@]2(O)CCCC[C@@H]2C1. The summed E-state index contributed by atoms with van der Waals surface area (Å²) < 4.78 is 2.11. The van der Waals surface area contributed by atoms with Gasteiger partial charge < -0.3 is 14.6 Å². The van der Waals surface area contributed by atoms with Crippen LogP contribution in [0.2, 0.25) is 0 Å². The number of carbonyl (C=O) groups is 1. The molecule has 1 aromatic rings. The number of likely N-dealkylation sites (tertiary alicyclic amines) is 1. The Morgan fingerprint density at radius 1 is 1.24 bits per heavy atom. The summed E-state index contributed by atoms with van der Waals surface area (Å²) in [6.07, 6.45) is 10.7. The number of aliphatic hydroxyl groups is 1. The van der Waals surface area contributed by atoms with E-state index in [1.54, 1.807) is 0 Å². The number of piperidine rings is 1. The van der Waals surface area contributed by atoms with E-state index in [4.69, 9.17) is 0 Å². The van der Waals surface area contributed by atoms with Gasteiger partial charge in [0, 0.05) is 44.4 Å². The summed E-state index contributed by atoms with van der Waals surface area (Å²) in [5, 5.41) is 10.7. The number of amides is 1. The van der Waals surface area contributed by atoms with E-state index in [1.165, 1.54) is 6.42 Å². The van der Waals surface area contributed by atoms with Gasteiger partial charge in [0.2, 0.25) is 5.91 Å². The van der Waals surface area contributed by atoms with E-state index < -0.39 is 5.60 Å². The average Bonchev–Trinajstić information content (AvgIpc) is 2.99. The Balaban J connectivity index is 1.47. The van der Waals surface area contributed by atoms with Gasteiger partial charge in [-0.15, -0.1) is 0 Å². The molecule has 0 aromatic carbocycles. The quantitative estimate of drug-likeness (QED) is 0.925. The van der Waals surface area contributed by atoms with Crippen LogP contribution >= 0.6 is 0 Å². The highest BCUT2D eigenvalue weighted by Crippen LogP contribution is 2.39. The third-order valence-electron chi connectivity index (χ3n) is 5.25. The Kier molecular flexibility index (Phi) is 4.34. The van der Waals surface area contributed by atoms with Crippen molar-refractivity contribution in [3.8, 4) is 0 Å². The minimum atomic E-state index is -0.486. The van der Waals surface area contributed by atoms with Gasteiger partial charge in [-0.2, -0.15) is 0 Å². The first-order valence-electron chi connectivity index (χ1n) is 8.28. The van der Waals surface area contributed by atoms with E-state index in [0.717, 1.165) is 51.7 Å². The second-order valence-electron chi connectivity index (χ2n) is 6.66. The van der Waals surface area contributed by atoms with Gasteiger partial charge >= 0.3 is 0 Å². The van der Waals surface area contributed by atoms with Crippen molar-refractivity contribution in [1.29, 1.82) is 0 Å². The minimum absolute atomic E-state index is 0.259. The van der Waals surface area contributed by atoms with Crippen molar-refractivity contribution in [1.82, 2.24) is 9.47 Å². The van der Waals surface area contributed by atoms with Crippen LogP contribution in [0.1, 0.15) is 44.9 Å². The van der Waals surface area contributed by atoms with Gasteiger partial charge in [0.1, 0.15) is 0 Å². The number of hydrogen-bond donors (Lipinski definition) is 1. The third-order valence-corrected chi connectivity index (χ3v) is 5.25. The van der Waals surface area contributed by atoms with Crippen molar-refractivity contribution in [2.24, 2.45) is 5.92 Å². The van der Waals surface area contributed by atoms with Crippen molar-refractivity contribution < 1.29 is 9.90 Å². The lowest BCUT2D eigenvalue weighted by atomic mass is 9.71. The molecule has 1 amide bonds. The first kappa shape index (κ1) is 14.6. The van der Waals surface area contributed by atoms with E-state index in [0.29, 0.717) is 12.3 Å². The standard InChI is InChI=1S/C17H26N2O2/c20-16(7-5-12-18-10-3-4-11-18)19-13-9-17(21)8-2-1-6-15(17)14-19/h3-4,10-11,15,21H,1-2,5-9,12-14H2/t15-,17-/m1/s1. The Hall–Kier alpha value is -1.29. The van der Waals surface area contributed by atoms with Crippen molar-refractivity contribution in [2.75, 3.05) is 13.1 Å². The fourth-order valence-corrected chi connectivity index (χ4v) is 3.89. The molecule has 2 fully saturated rings. The van der Waals surface area contributed by atoms with Gasteiger partial charge in [0.25, 0.3) is 0 Å². The number of aromatic nitrogens is 1. The molecule has 4 heteroatoms. The molecule has 0 radical (unpaired) electrons. The van der Waals surface area contributed by atoms with Gasteiger partial charge in [0.15, 0.2) is 0 Å². The molecule has 1 aliphatic carbocycles. The van der Waals surface area contributed by atoms with E-state index in [1.807, 2.05) is 29.4 Å². The number of nitrogens with zero attached hydrogens (tertiary/aromatic N) is 2. The molecule has 3 rings (SSSR count). The number of fused-ring (bicyclic) bond motifs is 1. The highest BCUT2D eigenvalue weighted by atomic mass is 16.3. The van der Waals surface area contributed by atoms with Crippen LogP contribution in [0.3, 0.4) is 0 Å². The van der Waals surface area contributed by atoms with Crippen LogP contribution in [-0.2, 0) is 11.3 Å². The Bertz CT molecular complexity index is 471. The average molecular weight is 290 g/mol. The van der Waals surface area contributed by atoms with Crippen molar-refractivity contribution >= 4 is 5.91 Å². The third kappa shape index (κ3) is 3.31. The molecule has 1 aromatic heterocycles. The van der Waals surface area contributed by atoms with Gasteiger partial charge in [-0.05, 0) is 37.8 Å². The van der Waals surface area contributed by atoms with E-state index in [9.17, 15) is 9.90 Å². The van der Waals surface area contributed by atoms with E-state index >= 15 is 0 Å². The summed E-state index contributed by atoms with van der Waals surface area (Å²) >= 11 is 0. The largest absolute Gasteiger partial charge is 0.389 e. The molecule has 2 heterocycles. The van der Waals surface area contributed by atoms with Crippen LogP contribution in [0.4, 0.5) is 0 Å². The first-order valence-corrected chi connectivity index (χ1v) is 8.28. The fraction of sp³-hybridized carbons (Fsp3) is 0.706. The molecule has 116 valence electrons. The molecule has 1 saturated carbocycles. The molecule has 1 aliphatic heterocycles. The summed E-state index contributed by atoms with van der Waals surface area (Å²) in [6.45, 7) is 2.40. The lowest BCUT2D eigenvalue weighted by Crippen LogP contribution is -2.54. The Labute approximate surface area is 126 Å². The molecule has 0 bridgehead atoms. The predicted octanol–water partition coefficient (Wildman–Crippen LogP) is 2.42. The maximum atomic E-state index is 12.3. The molecule has 2 atom stereocenters. The lowest BCUT2D eigenvalue weighted by molar-refractivity contribution is -0.143. The van der Waals surface area contributed by atoms with Gasteiger partial charge in [-0.3, -0.25) is 4.79 Å². The number of carbonyl (C=O) groups excluding carboxylic acids is 1. The molecule has 0 spiro atoms. The number of hydrogen-bond acceptors (Lipinski definition) is 2. The predicted molar refractivity (Wildman–Crippen MR) is 81.8 cm³/mol. The highest BCUT2D eigenvalue weighted by Gasteiger charge is 2.43. The summed E-state index contributed by atoms with van der Waals surface area (Å²) in [4.78, 5) is 14.3. The maximum Gasteiger partial charge on any atom is 0.222 e. The van der Waals surface area contributed by atoms with Gasteiger partial charge in [-0.25, -0.2) is 0 Å². The second kappa shape index (κ2) is 6.22. The monoisotopic (exact) mass is 290 g/mol. The van der Waals surface area contributed by atoms with Crippen LogP contribution in [0.15, 0.2) is 24.5 Å². The van der Waals surface area contributed by atoms with Crippen molar-refractivity contribution in [3.63, 3.8) is 0 Å². The lowest BCUT2D eigenvalue weighted by Gasteiger charge is -2.47. The smallest absolute Gasteiger partial charge is 0.222 e. The van der Waals surface area contributed by atoms with E-state index in [-0.39, 0.29) is 5.91 Å². The molecule has 1 saturated heterocycles. The zero-order valence-corrected chi connectivity index (χ0v) is 12.7. The number of aryl methyl sites for hydroxylation is 1. The van der Waals surface area contributed by atoms with Crippen LogP contribution < -0.4 is 0 Å². The van der Waals surface area contributed by atoms with E-state index in [2.05, 4.69) is 4.57 Å². The molecule has 1 N–H and O–H groups in total. The summed E-state index contributed by atoms with van der Waals surface area (Å²) in [5.74, 6) is 0.558. The zero-order valence-electron chi connectivity index (χ0n) is 12.7. The van der Waals surface area contributed by atoms with Crippen LogP contribution in [0.25, 0.3) is 0 Å². The fourth-order valence-electron chi connectivity index (χ4n) is 3.89. The Morgan fingerprint density at radius 2 is 2.05 bits per heavy atom. The maximum absolute atomic E-state index is 12.3. The molecule has 4 nitrogen and oxygen atoms in total. The molecule has 2 aliphatic rings. The van der Waals surface area contributed by atoms with Crippen LogP contribution in [-0.4, -0.2) is 39.2 Å². The summed E-state index contributed by atoms with van der Waals surface area (Å²) in [7, 11) is 0. The first-order chi connectivity index (χ1) is 10.2. The van der Waals surface area contributed by atoms with Gasteiger partial charge in [0.05, 0.1) is 5.60 Å². The van der Waals surface area contributed by atoms with Crippen LogP contribution in [0, 0.1) is 5.92 Å². The number of rotatable bonds is 4. The molecular weight excluding hydrogens is 264 g/mol. The van der Waals surface area contributed by atoms with Crippen molar-refractivity contribution in [2.45, 2.75) is 57.1 Å². The van der Waals surface area contributed by atoms with Crippen molar-refractivity contribution in [3.05, 3.63) is 24.5 Å². The molecule has 21 heavy (non-hydrogen) atoms. The molecule has 0 unspecified atom stereocenters. The van der Waals surface area contributed by atoms with Gasteiger partial charge in [-0.1, -0.05) is 12.8 Å². The van der Waals surface area contributed by atoms with Crippen LogP contribution in [0.5, 0.6) is 0 Å². The molecular formula is C17H26N2O2. The summed E-state index contributed by atoms with van der Waals surface area (Å²) in [5.41, 5.74) is -0.486. The second-order valence-corrected chi connectivity index (χ2v) is 6.66. The Morgan fingerprint density at radius 3 is 2.86 bits per heavy atom. The normalized spacial score (nSPS) is 29.2. The zero-order chi connectivity index (χ0) is 14.7. The highest BCUT2D eigenvalue weighted by molar-refractivity contribution is 5.76. The minimum Gasteiger partial charge on any atom is -0.389 e. The summed E-state index contributed by atoms with van der Waals surface area (Å²) in [6, 6.07) is 4.02. The topological polar surface area (TPSA) is 45.5 Å².